The normalized spacial score (nSPS) is 12.2. The van der Waals surface area contributed by atoms with Gasteiger partial charge in [-0.3, -0.25) is 4.79 Å². The second-order valence-electron chi connectivity index (χ2n) is 3.83. The highest BCUT2D eigenvalue weighted by atomic mass is 16.3. The predicted molar refractivity (Wildman–Crippen MR) is 64.2 cm³/mol. The zero-order chi connectivity index (χ0) is 12.1. The van der Waals surface area contributed by atoms with Gasteiger partial charge in [-0.15, -0.1) is 0 Å². The minimum absolute atomic E-state index is 0.0454. The van der Waals surface area contributed by atoms with Crippen LogP contribution in [0.1, 0.15) is 29.3 Å². The summed E-state index contributed by atoms with van der Waals surface area (Å²) in [4.78, 5) is 11.8. The summed E-state index contributed by atoms with van der Waals surface area (Å²) in [5.74, 6) is -0.177. The van der Waals surface area contributed by atoms with E-state index < -0.39 is 0 Å². The minimum Gasteiger partial charge on any atom is -0.399 e. The van der Waals surface area contributed by atoms with Gasteiger partial charge < -0.3 is 16.2 Å². The maximum atomic E-state index is 11.8. The second-order valence-corrected chi connectivity index (χ2v) is 3.83. The highest BCUT2D eigenvalue weighted by molar-refractivity contribution is 5.95. The minimum atomic E-state index is -0.189. The van der Waals surface area contributed by atoms with Crippen LogP contribution in [0.25, 0.3) is 0 Å². The molecule has 88 valence electrons. The summed E-state index contributed by atoms with van der Waals surface area (Å²) in [5, 5.41) is 11.7. The van der Waals surface area contributed by atoms with Crippen molar-refractivity contribution < 1.29 is 9.90 Å². The number of hydrogen-bond acceptors (Lipinski definition) is 3. The molecule has 1 aromatic carbocycles. The third-order valence-corrected chi connectivity index (χ3v) is 2.58. The van der Waals surface area contributed by atoms with E-state index in [1.807, 2.05) is 13.8 Å². The lowest BCUT2D eigenvalue weighted by Gasteiger charge is -2.14. The third kappa shape index (κ3) is 2.97. The first-order chi connectivity index (χ1) is 7.58. The molecule has 0 fully saturated rings. The molecule has 0 aromatic heterocycles. The molecule has 16 heavy (non-hydrogen) atoms. The molecule has 1 rings (SSSR count). The fraction of sp³-hybridized carbons (Fsp3) is 0.417. The third-order valence-electron chi connectivity index (χ3n) is 2.58. The molecule has 0 aliphatic heterocycles. The van der Waals surface area contributed by atoms with E-state index in [0.29, 0.717) is 17.7 Å². The van der Waals surface area contributed by atoms with Crippen molar-refractivity contribution in [3.05, 3.63) is 29.3 Å². The van der Waals surface area contributed by atoms with E-state index in [9.17, 15) is 4.79 Å². The van der Waals surface area contributed by atoms with Crippen LogP contribution in [-0.2, 0) is 0 Å². The van der Waals surface area contributed by atoms with Gasteiger partial charge in [-0.1, -0.05) is 6.92 Å². The number of nitrogens with two attached hydrogens (primary N) is 1. The SMILES string of the molecule is CCC(CO)NC(=O)c1ccc(N)c(C)c1. The van der Waals surface area contributed by atoms with Crippen LogP contribution in [0.15, 0.2) is 18.2 Å². The summed E-state index contributed by atoms with van der Waals surface area (Å²) in [6, 6.07) is 4.95. The largest absolute Gasteiger partial charge is 0.399 e. The maximum Gasteiger partial charge on any atom is 0.251 e. The van der Waals surface area contributed by atoms with E-state index in [1.54, 1.807) is 18.2 Å². The number of rotatable bonds is 4. The molecule has 0 spiro atoms. The lowest BCUT2D eigenvalue weighted by atomic mass is 10.1. The smallest absolute Gasteiger partial charge is 0.251 e. The van der Waals surface area contributed by atoms with Gasteiger partial charge in [0.25, 0.3) is 5.91 Å². The van der Waals surface area contributed by atoms with Crippen LogP contribution < -0.4 is 11.1 Å². The van der Waals surface area contributed by atoms with Gasteiger partial charge >= 0.3 is 0 Å². The number of nitrogen functional groups attached to an aromatic ring is 1. The molecule has 0 bridgehead atoms. The lowest BCUT2D eigenvalue weighted by molar-refractivity contribution is 0.0915. The number of hydrogen-bond donors (Lipinski definition) is 3. The molecular formula is C12H18N2O2. The second kappa shape index (κ2) is 5.51. The van der Waals surface area contributed by atoms with Gasteiger partial charge in [0.15, 0.2) is 0 Å². The summed E-state index contributed by atoms with van der Waals surface area (Å²) < 4.78 is 0. The number of aryl methyl sites for hydroxylation is 1. The summed E-state index contributed by atoms with van der Waals surface area (Å²) >= 11 is 0. The first kappa shape index (κ1) is 12.5. The molecule has 4 N–H and O–H groups in total. The lowest BCUT2D eigenvalue weighted by Crippen LogP contribution is -2.36. The monoisotopic (exact) mass is 222 g/mol. The van der Waals surface area contributed by atoms with E-state index in [2.05, 4.69) is 5.32 Å². The molecule has 0 radical (unpaired) electrons. The van der Waals surface area contributed by atoms with Crippen LogP contribution in [0.4, 0.5) is 5.69 Å². The number of benzene rings is 1. The average Bonchev–Trinajstić information content (AvgIpc) is 2.29. The van der Waals surface area contributed by atoms with Crippen molar-refractivity contribution in [2.45, 2.75) is 26.3 Å². The summed E-state index contributed by atoms with van der Waals surface area (Å²) in [5.41, 5.74) is 7.79. The number of carbonyl (C=O) groups excluding carboxylic acids is 1. The van der Waals surface area contributed by atoms with Crippen LogP contribution in [0, 0.1) is 6.92 Å². The van der Waals surface area contributed by atoms with E-state index in [1.165, 1.54) is 0 Å². The zero-order valence-corrected chi connectivity index (χ0v) is 9.66. The quantitative estimate of drug-likeness (QED) is 0.667. The predicted octanol–water partition coefficient (Wildman–Crippen LogP) is 1.08. The average molecular weight is 222 g/mol. The molecule has 0 aliphatic rings. The fourth-order valence-electron chi connectivity index (χ4n) is 1.36. The standard InChI is InChI=1S/C12H18N2O2/c1-3-10(7-15)14-12(16)9-4-5-11(13)8(2)6-9/h4-6,10,15H,3,7,13H2,1-2H3,(H,14,16). The number of aliphatic hydroxyl groups excluding tert-OH is 1. The van der Waals surface area contributed by atoms with Gasteiger partial charge in [-0.25, -0.2) is 0 Å². The van der Waals surface area contributed by atoms with E-state index in [0.717, 1.165) is 5.56 Å². The fourth-order valence-corrected chi connectivity index (χ4v) is 1.36. The van der Waals surface area contributed by atoms with Crippen molar-refractivity contribution >= 4 is 11.6 Å². The first-order valence-corrected chi connectivity index (χ1v) is 5.36. The number of anilines is 1. The molecule has 1 unspecified atom stereocenters. The Balaban J connectivity index is 2.76. The Labute approximate surface area is 95.5 Å². The zero-order valence-electron chi connectivity index (χ0n) is 9.66. The van der Waals surface area contributed by atoms with E-state index in [4.69, 9.17) is 10.8 Å². The molecule has 1 atom stereocenters. The van der Waals surface area contributed by atoms with Gasteiger partial charge in [-0.05, 0) is 37.1 Å². The maximum absolute atomic E-state index is 11.8. The topological polar surface area (TPSA) is 75.3 Å². The Kier molecular flexibility index (Phi) is 4.31. The van der Waals surface area contributed by atoms with Gasteiger partial charge in [0, 0.05) is 11.3 Å². The number of amides is 1. The van der Waals surface area contributed by atoms with Crippen LogP contribution in [0.3, 0.4) is 0 Å². The molecule has 1 amide bonds. The molecule has 0 saturated carbocycles. The van der Waals surface area contributed by atoms with Crippen LogP contribution in [0.5, 0.6) is 0 Å². The summed E-state index contributed by atoms with van der Waals surface area (Å²) in [6.45, 7) is 3.72. The van der Waals surface area contributed by atoms with Crippen molar-refractivity contribution in [3.63, 3.8) is 0 Å². The number of nitrogens with one attached hydrogen (secondary N) is 1. The Morgan fingerprint density at radius 3 is 2.75 bits per heavy atom. The molecular weight excluding hydrogens is 204 g/mol. The van der Waals surface area contributed by atoms with E-state index in [-0.39, 0.29) is 18.6 Å². The Morgan fingerprint density at radius 1 is 1.56 bits per heavy atom. The van der Waals surface area contributed by atoms with Crippen LogP contribution in [-0.4, -0.2) is 23.7 Å². The van der Waals surface area contributed by atoms with Crippen LogP contribution in [0.2, 0.25) is 0 Å². The van der Waals surface area contributed by atoms with Crippen molar-refractivity contribution in [2.75, 3.05) is 12.3 Å². The van der Waals surface area contributed by atoms with E-state index >= 15 is 0 Å². The van der Waals surface area contributed by atoms with Crippen molar-refractivity contribution in [3.8, 4) is 0 Å². The van der Waals surface area contributed by atoms with Gasteiger partial charge in [0.1, 0.15) is 0 Å². The molecule has 4 heteroatoms. The first-order valence-electron chi connectivity index (χ1n) is 5.36. The Morgan fingerprint density at radius 2 is 2.25 bits per heavy atom. The molecule has 1 aromatic rings. The van der Waals surface area contributed by atoms with Gasteiger partial charge in [-0.2, -0.15) is 0 Å². The molecule has 0 saturated heterocycles. The van der Waals surface area contributed by atoms with Crippen molar-refractivity contribution in [2.24, 2.45) is 0 Å². The molecule has 0 aliphatic carbocycles. The highest BCUT2D eigenvalue weighted by Crippen LogP contribution is 2.12. The summed E-state index contributed by atoms with van der Waals surface area (Å²) in [7, 11) is 0. The van der Waals surface area contributed by atoms with Crippen molar-refractivity contribution in [1.82, 2.24) is 5.32 Å². The molecule has 4 nitrogen and oxygen atoms in total. The Hall–Kier alpha value is -1.55. The number of aliphatic hydroxyl groups is 1. The summed E-state index contributed by atoms with van der Waals surface area (Å²) in [6.07, 6.45) is 0.705. The highest BCUT2D eigenvalue weighted by Gasteiger charge is 2.11. The molecule has 0 heterocycles. The number of carbonyl (C=O) groups is 1. The van der Waals surface area contributed by atoms with Gasteiger partial charge in [0.2, 0.25) is 0 Å². The van der Waals surface area contributed by atoms with Crippen LogP contribution >= 0.6 is 0 Å². The Bertz CT molecular complexity index is 373. The van der Waals surface area contributed by atoms with Crippen molar-refractivity contribution in [1.29, 1.82) is 0 Å². The van der Waals surface area contributed by atoms with Gasteiger partial charge in [0.05, 0.1) is 12.6 Å².